The van der Waals surface area contributed by atoms with E-state index in [-0.39, 0.29) is 11.8 Å². The standard InChI is InChI=1S/C37H34N4O2S/c1-27-39-34(26-44-27)15-16-36(42)41(24-29-11-13-31(14-12-29)32-17-20-38-21-18-32)35(23-28-7-3-2-4-8-28)37(43)40-22-19-30-9-5-6-10-33(30)25-40/h2-18,20-21,26,35H,19,22-25H2,1H3. The summed E-state index contributed by atoms with van der Waals surface area (Å²) in [4.78, 5) is 40.8. The van der Waals surface area contributed by atoms with Gasteiger partial charge in [-0.3, -0.25) is 14.6 Å². The van der Waals surface area contributed by atoms with Crippen molar-refractivity contribution in [2.45, 2.75) is 38.9 Å². The molecule has 0 radical (unpaired) electrons. The molecule has 1 aliphatic rings. The number of carbonyl (C=O) groups is 2. The molecule has 1 unspecified atom stereocenters. The number of fused-ring (bicyclic) bond motifs is 1. The van der Waals surface area contributed by atoms with Crippen molar-refractivity contribution in [1.82, 2.24) is 19.8 Å². The van der Waals surface area contributed by atoms with Crippen molar-refractivity contribution in [2.75, 3.05) is 6.54 Å². The molecule has 0 bridgehead atoms. The third-order valence-corrected chi connectivity index (χ3v) is 8.80. The van der Waals surface area contributed by atoms with Crippen LogP contribution in [0.2, 0.25) is 0 Å². The fourth-order valence-electron chi connectivity index (χ4n) is 5.66. The van der Waals surface area contributed by atoms with Crippen molar-refractivity contribution >= 4 is 29.2 Å². The molecule has 1 aliphatic heterocycles. The number of carbonyl (C=O) groups excluding carboxylic acids is 2. The van der Waals surface area contributed by atoms with Gasteiger partial charge in [-0.15, -0.1) is 11.3 Å². The van der Waals surface area contributed by atoms with Gasteiger partial charge in [0.15, 0.2) is 0 Å². The maximum atomic E-state index is 14.5. The average molecular weight is 599 g/mol. The van der Waals surface area contributed by atoms with Crippen LogP contribution in [0.25, 0.3) is 17.2 Å². The van der Waals surface area contributed by atoms with Gasteiger partial charge in [-0.1, -0.05) is 78.9 Å². The zero-order valence-corrected chi connectivity index (χ0v) is 25.5. The Labute approximate surface area is 262 Å². The third-order valence-electron chi connectivity index (χ3n) is 8.01. The molecule has 0 saturated heterocycles. The van der Waals surface area contributed by atoms with E-state index in [2.05, 4.69) is 34.2 Å². The monoisotopic (exact) mass is 598 g/mol. The summed E-state index contributed by atoms with van der Waals surface area (Å²) in [5.41, 5.74) is 7.27. The minimum absolute atomic E-state index is 0.0389. The van der Waals surface area contributed by atoms with E-state index in [1.165, 1.54) is 5.56 Å². The molecule has 0 saturated carbocycles. The van der Waals surface area contributed by atoms with Crippen LogP contribution in [-0.2, 0) is 35.5 Å². The Morgan fingerprint density at radius 1 is 0.886 bits per heavy atom. The first-order valence-corrected chi connectivity index (χ1v) is 15.7. The highest BCUT2D eigenvalue weighted by atomic mass is 32.1. The van der Waals surface area contributed by atoms with Crippen molar-refractivity contribution in [1.29, 1.82) is 0 Å². The number of aryl methyl sites for hydroxylation is 1. The van der Waals surface area contributed by atoms with Gasteiger partial charge in [0.05, 0.1) is 10.7 Å². The van der Waals surface area contributed by atoms with Crippen molar-refractivity contribution in [2.24, 2.45) is 0 Å². The summed E-state index contributed by atoms with van der Waals surface area (Å²) in [6.45, 7) is 3.40. The highest BCUT2D eigenvalue weighted by Gasteiger charge is 2.34. The fraction of sp³-hybridized carbons (Fsp3) is 0.189. The van der Waals surface area contributed by atoms with Crippen LogP contribution in [-0.4, -0.2) is 44.2 Å². The Morgan fingerprint density at radius 3 is 2.32 bits per heavy atom. The topological polar surface area (TPSA) is 66.4 Å². The van der Waals surface area contributed by atoms with Gasteiger partial charge >= 0.3 is 0 Å². The Balaban J connectivity index is 1.34. The zero-order valence-electron chi connectivity index (χ0n) is 24.7. The summed E-state index contributed by atoms with van der Waals surface area (Å²) in [7, 11) is 0. The number of amides is 2. The number of rotatable bonds is 9. The van der Waals surface area contributed by atoms with Crippen LogP contribution < -0.4 is 0 Å². The molecule has 0 fully saturated rings. The summed E-state index contributed by atoms with van der Waals surface area (Å²) in [5, 5.41) is 2.87. The van der Waals surface area contributed by atoms with Crippen molar-refractivity contribution < 1.29 is 9.59 Å². The summed E-state index contributed by atoms with van der Waals surface area (Å²) in [6, 6.07) is 29.7. The van der Waals surface area contributed by atoms with E-state index in [0.717, 1.165) is 44.9 Å². The molecule has 1 atom stereocenters. The first-order valence-electron chi connectivity index (χ1n) is 14.8. The van der Waals surface area contributed by atoms with E-state index in [1.807, 2.05) is 83.9 Å². The second-order valence-electron chi connectivity index (χ2n) is 11.0. The normalized spacial score (nSPS) is 13.4. The number of pyridine rings is 1. The molecule has 2 amide bonds. The predicted molar refractivity (Wildman–Crippen MR) is 176 cm³/mol. The van der Waals surface area contributed by atoms with Gasteiger partial charge in [0.1, 0.15) is 6.04 Å². The first kappa shape index (κ1) is 29.2. The molecule has 6 nitrogen and oxygen atoms in total. The second kappa shape index (κ2) is 13.6. The predicted octanol–water partition coefficient (Wildman–Crippen LogP) is 6.75. The van der Waals surface area contributed by atoms with Crippen LogP contribution >= 0.6 is 11.3 Å². The van der Waals surface area contributed by atoms with Gasteiger partial charge in [0.2, 0.25) is 11.8 Å². The molecule has 3 aromatic carbocycles. The van der Waals surface area contributed by atoms with Gasteiger partial charge in [0, 0.05) is 49.9 Å². The van der Waals surface area contributed by atoms with Gasteiger partial charge < -0.3 is 9.80 Å². The maximum Gasteiger partial charge on any atom is 0.247 e. The molecular formula is C37H34N4O2S. The van der Waals surface area contributed by atoms with Gasteiger partial charge in [0.25, 0.3) is 0 Å². The summed E-state index contributed by atoms with van der Waals surface area (Å²) in [6.07, 6.45) is 8.07. The number of thiazole rings is 1. The van der Waals surface area contributed by atoms with E-state index in [0.29, 0.717) is 26.1 Å². The minimum atomic E-state index is -0.683. The highest BCUT2D eigenvalue weighted by molar-refractivity contribution is 7.09. The summed E-state index contributed by atoms with van der Waals surface area (Å²) >= 11 is 1.54. The van der Waals surface area contributed by atoms with E-state index in [4.69, 9.17) is 0 Å². The van der Waals surface area contributed by atoms with Crippen LogP contribution in [0.4, 0.5) is 0 Å². The van der Waals surface area contributed by atoms with Crippen molar-refractivity contribution in [3.05, 3.63) is 148 Å². The lowest BCUT2D eigenvalue weighted by Crippen LogP contribution is -2.52. The molecule has 7 heteroatoms. The number of aromatic nitrogens is 2. The lowest BCUT2D eigenvalue weighted by Gasteiger charge is -2.37. The van der Waals surface area contributed by atoms with Gasteiger partial charge in [-0.05, 0) is 64.9 Å². The molecule has 2 aromatic heterocycles. The molecular weight excluding hydrogens is 565 g/mol. The van der Waals surface area contributed by atoms with E-state index < -0.39 is 6.04 Å². The quantitative estimate of drug-likeness (QED) is 0.176. The molecule has 3 heterocycles. The fourth-order valence-corrected chi connectivity index (χ4v) is 6.24. The highest BCUT2D eigenvalue weighted by Crippen LogP contribution is 2.24. The van der Waals surface area contributed by atoms with Gasteiger partial charge in [-0.2, -0.15) is 0 Å². The number of benzene rings is 3. The Morgan fingerprint density at radius 2 is 1.59 bits per heavy atom. The van der Waals surface area contributed by atoms with E-state index >= 15 is 0 Å². The Kier molecular flexibility index (Phi) is 9.03. The molecule has 0 aliphatic carbocycles. The summed E-state index contributed by atoms with van der Waals surface area (Å²) in [5.74, 6) is -0.261. The van der Waals surface area contributed by atoms with E-state index in [1.54, 1.807) is 40.8 Å². The van der Waals surface area contributed by atoms with Crippen molar-refractivity contribution in [3.8, 4) is 11.1 Å². The van der Waals surface area contributed by atoms with Gasteiger partial charge in [-0.25, -0.2) is 4.98 Å². The number of nitrogens with zero attached hydrogens (tertiary/aromatic N) is 4. The number of hydrogen-bond acceptors (Lipinski definition) is 5. The minimum Gasteiger partial charge on any atom is -0.336 e. The van der Waals surface area contributed by atoms with Crippen LogP contribution in [0.3, 0.4) is 0 Å². The van der Waals surface area contributed by atoms with Crippen LogP contribution in [0.1, 0.15) is 33.0 Å². The number of hydrogen-bond donors (Lipinski definition) is 0. The van der Waals surface area contributed by atoms with E-state index in [9.17, 15) is 9.59 Å². The molecule has 0 spiro atoms. The first-order chi connectivity index (χ1) is 21.5. The smallest absolute Gasteiger partial charge is 0.247 e. The zero-order chi connectivity index (χ0) is 30.3. The second-order valence-corrected chi connectivity index (χ2v) is 12.1. The molecule has 5 aromatic rings. The molecule has 6 rings (SSSR count). The summed E-state index contributed by atoms with van der Waals surface area (Å²) < 4.78 is 0. The lowest BCUT2D eigenvalue weighted by molar-refractivity contribution is -0.144. The van der Waals surface area contributed by atoms with Crippen molar-refractivity contribution in [3.63, 3.8) is 0 Å². The largest absolute Gasteiger partial charge is 0.336 e. The molecule has 0 N–H and O–H groups in total. The molecule has 44 heavy (non-hydrogen) atoms. The Bertz CT molecular complexity index is 1750. The lowest BCUT2D eigenvalue weighted by atomic mass is 9.97. The maximum absolute atomic E-state index is 14.5. The average Bonchev–Trinajstić information content (AvgIpc) is 3.50. The SMILES string of the molecule is Cc1nc(C=CC(=O)N(Cc2ccc(-c3ccncc3)cc2)C(Cc2ccccc2)C(=O)N2CCc3ccccc3C2)cs1. The van der Waals surface area contributed by atoms with Crippen LogP contribution in [0.5, 0.6) is 0 Å². The Hall–Kier alpha value is -4.88. The molecule has 220 valence electrons. The third kappa shape index (κ3) is 7.01. The van der Waals surface area contributed by atoms with Crippen LogP contribution in [0.15, 0.2) is 115 Å². The van der Waals surface area contributed by atoms with Crippen LogP contribution in [0, 0.1) is 6.92 Å².